The Labute approximate surface area is 72.9 Å². The molecular formula is C5H13IN2S. The second kappa shape index (κ2) is 9.00. The van der Waals surface area contributed by atoms with Crippen LogP contribution in [0.25, 0.3) is 0 Å². The van der Waals surface area contributed by atoms with E-state index in [1.165, 1.54) is 6.42 Å². The van der Waals surface area contributed by atoms with E-state index in [0.29, 0.717) is 0 Å². The van der Waals surface area contributed by atoms with E-state index in [-0.39, 0.29) is 0 Å². The van der Waals surface area contributed by atoms with E-state index in [9.17, 15) is 0 Å². The van der Waals surface area contributed by atoms with E-state index in [1.54, 1.807) is 8.93 Å². The summed E-state index contributed by atoms with van der Waals surface area (Å²) in [4.78, 5) is 0. The van der Waals surface area contributed by atoms with E-state index in [1.807, 2.05) is 0 Å². The van der Waals surface area contributed by atoms with Crippen molar-refractivity contribution in [1.29, 1.82) is 0 Å². The maximum atomic E-state index is 5.31. The second-order valence-corrected chi connectivity index (χ2v) is 4.12. The molecule has 0 aromatic heterocycles. The topological polar surface area (TPSA) is 38.0 Å². The lowest BCUT2D eigenvalue weighted by molar-refractivity contribution is 0.677. The molecule has 0 aromatic rings. The Kier molecular flexibility index (Phi) is 10.0. The fourth-order valence-electron chi connectivity index (χ4n) is 0.505. The Morgan fingerprint density at radius 1 is 1.44 bits per heavy atom. The first kappa shape index (κ1) is 10.0. The molecule has 0 fully saturated rings. The molecule has 0 aliphatic rings. The molecule has 4 heteroatoms. The van der Waals surface area contributed by atoms with Crippen molar-refractivity contribution in [2.45, 2.75) is 12.8 Å². The summed E-state index contributed by atoms with van der Waals surface area (Å²) in [5.74, 6) is 1.05. The maximum Gasteiger partial charge on any atom is 0.0519 e. The van der Waals surface area contributed by atoms with Crippen LogP contribution in [0.15, 0.2) is 0 Å². The van der Waals surface area contributed by atoms with Gasteiger partial charge in [-0.05, 0) is 47.1 Å². The molecule has 0 heterocycles. The average molecular weight is 260 g/mol. The first-order chi connectivity index (χ1) is 4.41. The third kappa shape index (κ3) is 9.00. The smallest absolute Gasteiger partial charge is 0.0519 e. The van der Waals surface area contributed by atoms with Crippen LogP contribution in [0, 0.1) is 0 Å². The summed E-state index contributed by atoms with van der Waals surface area (Å²) in [7, 11) is 1.79. The van der Waals surface area contributed by atoms with Crippen LogP contribution in [0.5, 0.6) is 0 Å². The molecular weight excluding hydrogens is 247 g/mol. The number of nitrogens with one attached hydrogen (secondary N) is 1. The van der Waals surface area contributed by atoms with Crippen LogP contribution in [0.1, 0.15) is 12.8 Å². The lowest BCUT2D eigenvalue weighted by Crippen LogP contribution is -2.14. The Balaban J connectivity index is 2.60. The minimum atomic E-state index is 0.819. The van der Waals surface area contributed by atoms with Gasteiger partial charge in [0.15, 0.2) is 0 Å². The van der Waals surface area contributed by atoms with Gasteiger partial charge in [0, 0.05) is 0 Å². The molecule has 0 aliphatic heterocycles. The lowest BCUT2D eigenvalue weighted by Gasteiger charge is -1.98. The number of nitrogens with two attached hydrogens (primary N) is 1. The predicted octanol–water partition coefficient (Wildman–Crippen LogP) is 1.36. The predicted molar refractivity (Wildman–Crippen MR) is 52.8 cm³/mol. The fraction of sp³-hybridized carbons (Fsp3) is 1.00. The van der Waals surface area contributed by atoms with Gasteiger partial charge in [-0.1, -0.05) is 8.93 Å². The van der Waals surface area contributed by atoms with Crippen molar-refractivity contribution in [3.05, 3.63) is 0 Å². The van der Waals surface area contributed by atoms with E-state index < -0.39 is 0 Å². The van der Waals surface area contributed by atoms with Crippen LogP contribution in [0.2, 0.25) is 0 Å². The van der Waals surface area contributed by atoms with Crippen LogP contribution in [0.4, 0.5) is 0 Å². The Morgan fingerprint density at radius 3 is 2.78 bits per heavy atom. The second-order valence-electron chi connectivity index (χ2n) is 1.75. The van der Waals surface area contributed by atoms with Gasteiger partial charge in [-0.2, -0.15) is 0 Å². The number of unbranched alkanes of at least 4 members (excludes halogenated alkanes) is 1. The Bertz CT molecular complexity index is 48.2. The van der Waals surface area contributed by atoms with Crippen LogP contribution < -0.4 is 11.1 Å². The van der Waals surface area contributed by atoms with Crippen molar-refractivity contribution >= 4 is 30.1 Å². The summed E-state index contributed by atoms with van der Waals surface area (Å²) in [5, 5.41) is 3.27. The number of hydrogen-bond acceptors (Lipinski definition) is 3. The molecule has 0 unspecified atom stereocenters. The molecule has 0 radical (unpaired) electrons. The van der Waals surface area contributed by atoms with E-state index in [4.69, 9.17) is 5.73 Å². The van der Waals surface area contributed by atoms with Gasteiger partial charge in [0.2, 0.25) is 0 Å². The SMILES string of the molecule is NCCCCNCSI. The van der Waals surface area contributed by atoms with Gasteiger partial charge in [0.25, 0.3) is 0 Å². The quantitative estimate of drug-likeness (QED) is 0.430. The molecule has 0 atom stereocenters. The highest BCUT2D eigenvalue weighted by Crippen LogP contribution is 2.06. The molecule has 0 spiro atoms. The van der Waals surface area contributed by atoms with Crippen molar-refractivity contribution in [3.8, 4) is 0 Å². The van der Waals surface area contributed by atoms with Crippen LogP contribution in [-0.2, 0) is 0 Å². The molecule has 3 N–H and O–H groups in total. The van der Waals surface area contributed by atoms with Crippen LogP contribution >= 0.6 is 30.1 Å². The van der Waals surface area contributed by atoms with Gasteiger partial charge in [0.1, 0.15) is 0 Å². The number of halogens is 1. The van der Waals surface area contributed by atoms with Gasteiger partial charge >= 0.3 is 0 Å². The third-order valence-corrected chi connectivity index (χ3v) is 2.21. The highest BCUT2D eigenvalue weighted by molar-refractivity contribution is 14.2. The third-order valence-electron chi connectivity index (χ3n) is 0.964. The van der Waals surface area contributed by atoms with Gasteiger partial charge in [-0.15, -0.1) is 0 Å². The molecule has 0 rings (SSSR count). The molecule has 9 heavy (non-hydrogen) atoms. The molecule has 56 valence electrons. The summed E-state index contributed by atoms with van der Waals surface area (Å²) in [6.45, 7) is 1.92. The summed E-state index contributed by atoms with van der Waals surface area (Å²) in [6.07, 6.45) is 2.34. The average Bonchev–Trinajstić information content (AvgIpc) is 1.89. The highest BCUT2D eigenvalue weighted by atomic mass is 127. The lowest BCUT2D eigenvalue weighted by atomic mass is 10.3. The maximum absolute atomic E-state index is 5.31. The van der Waals surface area contributed by atoms with E-state index in [2.05, 4.69) is 26.5 Å². The molecule has 0 saturated carbocycles. The zero-order valence-corrected chi connectivity index (χ0v) is 8.37. The summed E-state index contributed by atoms with van der Waals surface area (Å²) in [5.41, 5.74) is 5.31. The van der Waals surface area contributed by atoms with Crippen molar-refractivity contribution in [2.24, 2.45) is 5.73 Å². The normalized spacial score (nSPS) is 10.0. The molecule has 2 nitrogen and oxygen atoms in total. The summed E-state index contributed by atoms with van der Waals surface area (Å²) < 4.78 is 0. The van der Waals surface area contributed by atoms with Crippen molar-refractivity contribution < 1.29 is 0 Å². The van der Waals surface area contributed by atoms with Crippen LogP contribution in [0.3, 0.4) is 0 Å². The Hall–Kier alpha value is 1.00. The number of hydrogen-bond donors (Lipinski definition) is 2. The van der Waals surface area contributed by atoms with Crippen molar-refractivity contribution in [2.75, 3.05) is 19.0 Å². The molecule has 0 aliphatic carbocycles. The monoisotopic (exact) mass is 260 g/mol. The van der Waals surface area contributed by atoms with Crippen molar-refractivity contribution in [1.82, 2.24) is 5.32 Å². The largest absolute Gasteiger partial charge is 0.330 e. The molecule has 0 amide bonds. The minimum Gasteiger partial charge on any atom is -0.330 e. The van der Waals surface area contributed by atoms with Gasteiger partial charge in [0.05, 0.1) is 5.88 Å². The zero-order chi connectivity index (χ0) is 6.95. The summed E-state index contributed by atoms with van der Waals surface area (Å²) >= 11 is 2.28. The van der Waals surface area contributed by atoms with Gasteiger partial charge < -0.3 is 11.1 Å². The van der Waals surface area contributed by atoms with Gasteiger partial charge in [-0.25, -0.2) is 0 Å². The standard InChI is InChI=1S/C5H13IN2S/c6-9-5-8-4-2-1-3-7/h8H,1-5,7H2. The first-order valence-corrected chi connectivity index (χ1v) is 6.59. The molecule has 0 aromatic carbocycles. The number of rotatable bonds is 6. The summed E-state index contributed by atoms with van der Waals surface area (Å²) in [6, 6.07) is 0. The van der Waals surface area contributed by atoms with E-state index >= 15 is 0 Å². The zero-order valence-electron chi connectivity index (χ0n) is 5.40. The highest BCUT2D eigenvalue weighted by Gasteiger charge is 1.84. The van der Waals surface area contributed by atoms with Gasteiger partial charge in [-0.3, -0.25) is 0 Å². The first-order valence-electron chi connectivity index (χ1n) is 3.06. The van der Waals surface area contributed by atoms with Crippen molar-refractivity contribution in [3.63, 3.8) is 0 Å². The Morgan fingerprint density at radius 2 is 2.22 bits per heavy atom. The van der Waals surface area contributed by atoms with Crippen LogP contribution in [-0.4, -0.2) is 19.0 Å². The molecule has 0 bridgehead atoms. The van der Waals surface area contributed by atoms with E-state index in [0.717, 1.165) is 25.4 Å². The minimum absolute atomic E-state index is 0.819. The molecule has 0 saturated heterocycles. The fourth-order valence-corrected chi connectivity index (χ4v) is 1.39.